The van der Waals surface area contributed by atoms with E-state index in [1.165, 1.54) is 0 Å². The van der Waals surface area contributed by atoms with Gasteiger partial charge in [0.2, 0.25) is 0 Å². The van der Waals surface area contributed by atoms with Crippen molar-refractivity contribution in [1.82, 2.24) is 0 Å². The van der Waals surface area contributed by atoms with Gasteiger partial charge in [0.15, 0.2) is 0 Å². The third-order valence-corrected chi connectivity index (χ3v) is 4.29. The molecule has 0 spiro atoms. The Morgan fingerprint density at radius 2 is 1.71 bits per heavy atom. The third-order valence-electron chi connectivity index (χ3n) is 3.27. The molecule has 0 heterocycles. The fourth-order valence-electron chi connectivity index (χ4n) is 1.91. The summed E-state index contributed by atoms with van der Waals surface area (Å²) in [4.78, 5) is 31.8. The van der Waals surface area contributed by atoms with E-state index >= 15 is 0 Å². The number of non-ortho nitro benzene ring substituents is 2. The minimum Gasteiger partial charge on any atom is -0.461 e. The Morgan fingerprint density at radius 1 is 1.19 bits per heavy atom. The number of nitrogens with zero attached hydrogens (tertiary/aromatic N) is 2. The summed E-state index contributed by atoms with van der Waals surface area (Å²) in [7, 11) is 0. The summed E-state index contributed by atoms with van der Waals surface area (Å²) in [6.45, 7) is 0.127. The van der Waals surface area contributed by atoms with Crippen LogP contribution in [0.5, 0.6) is 0 Å². The number of halogens is 1. The summed E-state index contributed by atoms with van der Waals surface area (Å²) < 4.78 is 4.83. The average molecular weight is 359 g/mol. The Kier molecular flexibility index (Phi) is 4.21. The van der Waals surface area contributed by atoms with Crippen molar-refractivity contribution < 1.29 is 19.4 Å². The van der Waals surface area contributed by atoms with E-state index in [1.54, 1.807) is 0 Å². The van der Waals surface area contributed by atoms with E-state index in [2.05, 4.69) is 15.9 Å². The molecule has 1 aliphatic rings. The van der Waals surface area contributed by atoms with Gasteiger partial charge in [0.25, 0.3) is 11.4 Å². The van der Waals surface area contributed by atoms with Crippen LogP contribution in [0.15, 0.2) is 18.2 Å². The van der Waals surface area contributed by atoms with E-state index in [9.17, 15) is 25.0 Å². The van der Waals surface area contributed by atoms with Crippen LogP contribution >= 0.6 is 15.9 Å². The quantitative estimate of drug-likeness (QED) is 0.346. The van der Waals surface area contributed by atoms with Crippen molar-refractivity contribution in [2.24, 2.45) is 0 Å². The van der Waals surface area contributed by atoms with Crippen LogP contribution in [0.3, 0.4) is 0 Å². The molecule has 2 rings (SSSR count). The number of rotatable bonds is 5. The Morgan fingerprint density at radius 3 is 2.10 bits per heavy atom. The van der Waals surface area contributed by atoms with Gasteiger partial charge in [-0.15, -0.1) is 0 Å². The van der Waals surface area contributed by atoms with Gasteiger partial charge in [0.1, 0.15) is 6.61 Å². The topological polar surface area (TPSA) is 113 Å². The maximum absolute atomic E-state index is 11.9. The van der Waals surface area contributed by atoms with E-state index in [4.69, 9.17) is 4.74 Å². The number of benzene rings is 1. The molecule has 0 aliphatic heterocycles. The van der Waals surface area contributed by atoms with Crippen LogP contribution in [-0.2, 0) is 4.74 Å². The number of esters is 1. The molecular weight excluding hydrogens is 348 g/mol. The Hall–Kier alpha value is -2.03. The zero-order valence-electron chi connectivity index (χ0n) is 10.8. The van der Waals surface area contributed by atoms with Crippen molar-refractivity contribution in [3.63, 3.8) is 0 Å². The van der Waals surface area contributed by atoms with Crippen LogP contribution in [0, 0.1) is 20.2 Å². The number of carbonyl (C=O) groups excluding carboxylic acids is 1. The Balaban J connectivity index is 2.19. The molecule has 0 aromatic heterocycles. The molecule has 0 unspecified atom stereocenters. The van der Waals surface area contributed by atoms with Crippen molar-refractivity contribution in [2.75, 3.05) is 6.61 Å². The predicted molar refractivity (Wildman–Crippen MR) is 75.5 cm³/mol. The lowest BCUT2D eigenvalue weighted by Crippen LogP contribution is -2.36. The fraction of sp³-hybridized carbons (Fsp3) is 0.417. The molecular formula is C12H11BrN2O6. The predicted octanol–water partition coefficient (Wildman–Crippen LogP) is 2.98. The van der Waals surface area contributed by atoms with Crippen LogP contribution < -0.4 is 0 Å². The molecule has 1 aromatic rings. The summed E-state index contributed by atoms with van der Waals surface area (Å²) in [5, 5.41) is 21.5. The molecule has 9 heteroatoms. The highest BCUT2D eigenvalue weighted by molar-refractivity contribution is 9.10. The van der Waals surface area contributed by atoms with Gasteiger partial charge in [-0.3, -0.25) is 20.2 Å². The lowest BCUT2D eigenvalue weighted by atomic mass is 9.86. The average Bonchev–Trinajstić information content (AvgIpc) is 2.42. The zero-order valence-corrected chi connectivity index (χ0v) is 12.4. The number of alkyl halides is 1. The molecule has 0 atom stereocenters. The third kappa shape index (κ3) is 3.54. The molecule has 0 radical (unpaired) electrons. The molecule has 1 fully saturated rings. The molecule has 1 aliphatic carbocycles. The van der Waals surface area contributed by atoms with Crippen LogP contribution in [0.4, 0.5) is 11.4 Å². The number of hydrogen-bond donors (Lipinski definition) is 0. The standard InChI is InChI=1S/C12H11BrN2O6/c13-12(2-1-3-12)7-21-11(16)8-4-9(14(17)18)6-10(5-8)15(19)20/h4-6H,1-3,7H2. The summed E-state index contributed by atoms with van der Waals surface area (Å²) in [5.41, 5.74) is -1.24. The van der Waals surface area contributed by atoms with Gasteiger partial charge in [0.05, 0.1) is 25.8 Å². The molecule has 8 nitrogen and oxygen atoms in total. The van der Waals surface area contributed by atoms with Crippen LogP contribution in [0.2, 0.25) is 0 Å². The normalized spacial score (nSPS) is 15.9. The first kappa shape index (κ1) is 15.4. The van der Waals surface area contributed by atoms with Gasteiger partial charge in [0, 0.05) is 12.1 Å². The van der Waals surface area contributed by atoms with Gasteiger partial charge < -0.3 is 4.74 Å². The highest BCUT2D eigenvalue weighted by Crippen LogP contribution is 2.40. The maximum atomic E-state index is 11.9. The van der Waals surface area contributed by atoms with E-state index in [-0.39, 0.29) is 16.5 Å². The second-order valence-electron chi connectivity index (χ2n) is 4.83. The molecule has 21 heavy (non-hydrogen) atoms. The van der Waals surface area contributed by atoms with Crippen LogP contribution in [-0.4, -0.2) is 26.7 Å². The minimum absolute atomic E-state index is 0.127. The minimum atomic E-state index is -0.812. The molecule has 0 amide bonds. The second-order valence-corrected chi connectivity index (χ2v) is 6.52. The van der Waals surface area contributed by atoms with Crippen LogP contribution in [0.1, 0.15) is 29.6 Å². The van der Waals surface area contributed by atoms with Gasteiger partial charge in [-0.1, -0.05) is 22.4 Å². The Bertz CT molecular complexity index is 582. The first-order chi connectivity index (χ1) is 9.81. The van der Waals surface area contributed by atoms with Crippen molar-refractivity contribution in [3.05, 3.63) is 44.0 Å². The summed E-state index contributed by atoms with van der Waals surface area (Å²) in [5.74, 6) is -0.812. The van der Waals surface area contributed by atoms with Crippen LogP contribution in [0.25, 0.3) is 0 Å². The summed E-state index contributed by atoms with van der Waals surface area (Å²) in [6.07, 6.45) is 2.77. The lowest BCUT2D eigenvalue weighted by molar-refractivity contribution is -0.394. The number of nitro groups is 2. The first-order valence-electron chi connectivity index (χ1n) is 6.11. The molecule has 1 saturated carbocycles. The molecule has 0 saturated heterocycles. The first-order valence-corrected chi connectivity index (χ1v) is 6.90. The monoisotopic (exact) mass is 358 g/mol. The SMILES string of the molecule is O=C(OCC1(Br)CCC1)c1cc([N+](=O)[O-])cc([N+](=O)[O-])c1. The molecule has 1 aromatic carbocycles. The number of carbonyl (C=O) groups is 1. The maximum Gasteiger partial charge on any atom is 0.338 e. The summed E-state index contributed by atoms with van der Waals surface area (Å²) in [6, 6.07) is 2.74. The van der Waals surface area contributed by atoms with Crippen molar-refractivity contribution in [2.45, 2.75) is 23.6 Å². The van der Waals surface area contributed by atoms with Crippen molar-refractivity contribution in [1.29, 1.82) is 0 Å². The van der Waals surface area contributed by atoms with E-state index < -0.39 is 27.2 Å². The largest absolute Gasteiger partial charge is 0.461 e. The fourth-order valence-corrected chi connectivity index (χ4v) is 2.58. The van der Waals surface area contributed by atoms with Gasteiger partial charge in [-0.25, -0.2) is 4.79 Å². The number of nitro benzene ring substituents is 2. The molecule has 0 N–H and O–H groups in total. The highest BCUT2D eigenvalue weighted by Gasteiger charge is 2.35. The van der Waals surface area contributed by atoms with Gasteiger partial charge in [-0.2, -0.15) is 0 Å². The van der Waals surface area contributed by atoms with E-state index in [1.807, 2.05) is 0 Å². The van der Waals surface area contributed by atoms with Gasteiger partial charge >= 0.3 is 5.97 Å². The lowest BCUT2D eigenvalue weighted by Gasteiger charge is -2.35. The molecule has 112 valence electrons. The van der Waals surface area contributed by atoms with Crippen molar-refractivity contribution >= 4 is 33.3 Å². The number of hydrogen-bond acceptors (Lipinski definition) is 6. The number of ether oxygens (including phenoxy) is 1. The van der Waals surface area contributed by atoms with Gasteiger partial charge in [-0.05, 0) is 12.8 Å². The van der Waals surface area contributed by atoms with Crippen molar-refractivity contribution in [3.8, 4) is 0 Å². The highest BCUT2D eigenvalue weighted by atomic mass is 79.9. The molecule has 0 bridgehead atoms. The second kappa shape index (κ2) is 5.76. The summed E-state index contributed by atoms with van der Waals surface area (Å²) >= 11 is 3.45. The Labute approximate surface area is 127 Å². The smallest absolute Gasteiger partial charge is 0.338 e. The van der Waals surface area contributed by atoms with E-state index in [0.717, 1.165) is 37.5 Å². The van der Waals surface area contributed by atoms with E-state index in [0.29, 0.717) is 0 Å². The zero-order chi connectivity index (χ0) is 15.6.